The van der Waals surface area contributed by atoms with Crippen LogP contribution in [0, 0.1) is 23.5 Å². The fraction of sp³-hybridized carbons (Fsp3) is 0.769. The van der Waals surface area contributed by atoms with Crippen molar-refractivity contribution in [3.63, 3.8) is 0 Å². The highest BCUT2D eigenvalue weighted by atomic mass is 32.1. The third kappa shape index (κ3) is 2.10. The van der Waals surface area contributed by atoms with Crippen molar-refractivity contribution in [3.8, 4) is 0 Å². The molecule has 0 spiro atoms. The Hall–Kier alpha value is -0.570. The smallest absolute Gasteiger partial charge is 0.177 e. The maximum atomic E-state index is 5.40. The van der Waals surface area contributed by atoms with E-state index < -0.39 is 0 Å². The van der Waals surface area contributed by atoms with E-state index in [4.69, 9.17) is 12.2 Å². The highest BCUT2D eigenvalue weighted by Gasteiger charge is 2.29. The van der Waals surface area contributed by atoms with Crippen LogP contribution in [0.5, 0.6) is 0 Å². The van der Waals surface area contributed by atoms with Crippen molar-refractivity contribution in [2.75, 3.05) is 0 Å². The molecule has 1 fully saturated rings. The van der Waals surface area contributed by atoms with Crippen molar-refractivity contribution in [3.05, 3.63) is 16.7 Å². The number of hydrogen-bond donors (Lipinski definition) is 1. The Balaban J connectivity index is 2.34. The molecular weight excluding hydrogens is 216 g/mol. The third-order valence-electron chi connectivity index (χ3n) is 3.97. The standard InChI is InChI=1S/C13H22N2S/c1-9(2)11-6-4-5-7-12(11)15-10(3)8-14-13(15)16/h8-9,11-12H,4-7H2,1-3H3,(H,14,16). The van der Waals surface area contributed by atoms with Gasteiger partial charge in [0, 0.05) is 17.9 Å². The molecule has 1 aliphatic rings. The lowest BCUT2D eigenvalue weighted by atomic mass is 9.77. The van der Waals surface area contributed by atoms with Gasteiger partial charge in [-0.3, -0.25) is 0 Å². The van der Waals surface area contributed by atoms with Gasteiger partial charge >= 0.3 is 0 Å². The molecule has 1 aromatic heterocycles. The van der Waals surface area contributed by atoms with E-state index in [0.717, 1.165) is 16.6 Å². The molecule has 0 amide bonds. The Morgan fingerprint density at radius 2 is 2.06 bits per heavy atom. The number of aryl methyl sites for hydroxylation is 1. The normalized spacial score (nSPS) is 26.2. The molecule has 1 N–H and O–H groups in total. The topological polar surface area (TPSA) is 20.7 Å². The summed E-state index contributed by atoms with van der Waals surface area (Å²) in [7, 11) is 0. The number of nitrogens with one attached hydrogen (secondary N) is 1. The van der Waals surface area contributed by atoms with Crippen LogP contribution in [0.1, 0.15) is 51.3 Å². The van der Waals surface area contributed by atoms with Gasteiger partial charge in [-0.1, -0.05) is 26.7 Å². The molecule has 1 aliphatic carbocycles. The van der Waals surface area contributed by atoms with E-state index in [2.05, 4.69) is 30.3 Å². The minimum atomic E-state index is 0.618. The predicted octanol–water partition coefficient (Wildman–Crippen LogP) is 4.24. The van der Waals surface area contributed by atoms with Gasteiger partial charge in [-0.2, -0.15) is 0 Å². The quantitative estimate of drug-likeness (QED) is 0.764. The first-order valence-electron chi connectivity index (χ1n) is 6.37. The van der Waals surface area contributed by atoms with Crippen molar-refractivity contribution in [1.82, 2.24) is 9.55 Å². The summed E-state index contributed by atoms with van der Waals surface area (Å²) in [4.78, 5) is 3.17. The van der Waals surface area contributed by atoms with Crippen LogP contribution in [0.25, 0.3) is 0 Å². The van der Waals surface area contributed by atoms with E-state index in [1.54, 1.807) is 0 Å². The zero-order chi connectivity index (χ0) is 11.7. The summed E-state index contributed by atoms with van der Waals surface area (Å²) >= 11 is 5.40. The van der Waals surface area contributed by atoms with Crippen LogP contribution in [0.15, 0.2) is 6.20 Å². The zero-order valence-electron chi connectivity index (χ0n) is 10.5. The Kier molecular flexibility index (Phi) is 3.53. The maximum Gasteiger partial charge on any atom is 0.177 e. The van der Waals surface area contributed by atoms with Gasteiger partial charge < -0.3 is 9.55 Å². The number of nitrogens with zero attached hydrogens (tertiary/aromatic N) is 1. The van der Waals surface area contributed by atoms with Crippen LogP contribution in [0.3, 0.4) is 0 Å². The first-order chi connectivity index (χ1) is 7.61. The maximum absolute atomic E-state index is 5.40. The molecule has 1 saturated carbocycles. The zero-order valence-corrected chi connectivity index (χ0v) is 11.3. The van der Waals surface area contributed by atoms with E-state index in [1.807, 2.05) is 6.20 Å². The first kappa shape index (κ1) is 11.9. The van der Waals surface area contributed by atoms with Crippen molar-refractivity contribution in [2.24, 2.45) is 11.8 Å². The number of aromatic amines is 1. The molecule has 0 bridgehead atoms. The molecule has 2 atom stereocenters. The second-order valence-electron chi connectivity index (χ2n) is 5.36. The molecule has 90 valence electrons. The first-order valence-corrected chi connectivity index (χ1v) is 6.78. The second kappa shape index (κ2) is 4.74. The summed E-state index contributed by atoms with van der Waals surface area (Å²) in [6, 6.07) is 0.618. The highest BCUT2D eigenvalue weighted by molar-refractivity contribution is 7.71. The van der Waals surface area contributed by atoms with E-state index in [9.17, 15) is 0 Å². The number of H-pyrrole nitrogens is 1. The molecule has 1 heterocycles. The molecule has 16 heavy (non-hydrogen) atoms. The molecule has 2 nitrogen and oxygen atoms in total. The van der Waals surface area contributed by atoms with E-state index in [0.29, 0.717) is 6.04 Å². The van der Waals surface area contributed by atoms with Crippen LogP contribution < -0.4 is 0 Å². The van der Waals surface area contributed by atoms with Crippen molar-refractivity contribution >= 4 is 12.2 Å². The van der Waals surface area contributed by atoms with Crippen molar-refractivity contribution < 1.29 is 0 Å². The summed E-state index contributed by atoms with van der Waals surface area (Å²) in [6.45, 7) is 6.83. The average Bonchev–Trinajstić information content (AvgIpc) is 2.58. The SMILES string of the molecule is Cc1c[nH]c(=S)n1C1CCCCC1C(C)C. The molecule has 2 unspecified atom stereocenters. The highest BCUT2D eigenvalue weighted by Crippen LogP contribution is 2.39. The molecule has 0 aromatic carbocycles. The van der Waals surface area contributed by atoms with Gasteiger partial charge in [0.05, 0.1) is 0 Å². The summed E-state index contributed by atoms with van der Waals surface area (Å²) < 4.78 is 3.24. The molecular formula is C13H22N2S. The van der Waals surface area contributed by atoms with Gasteiger partial charge in [-0.15, -0.1) is 0 Å². The van der Waals surface area contributed by atoms with Crippen molar-refractivity contribution in [1.29, 1.82) is 0 Å². The fourth-order valence-corrected chi connectivity index (χ4v) is 3.45. The Bertz CT molecular complexity index is 402. The Morgan fingerprint density at radius 3 is 2.62 bits per heavy atom. The molecule has 0 saturated heterocycles. The summed E-state index contributed by atoms with van der Waals surface area (Å²) in [6.07, 6.45) is 7.41. The lowest BCUT2D eigenvalue weighted by molar-refractivity contribution is 0.181. The summed E-state index contributed by atoms with van der Waals surface area (Å²) in [5.74, 6) is 1.54. The predicted molar refractivity (Wildman–Crippen MR) is 70.2 cm³/mol. The van der Waals surface area contributed by atoms with Gasteiger partial charge in [0.25, 0.3) is 0 Å². The van der Waals surface area contributed by atoms with E-state index >= 15 is 0 Å². The van der Waals surface area contributed by atoms with Crippen LogP contribution >= 0.6 is 12.2 Å². The molecule has 2 rings (SSSR count). The van der Waals surface area contributed by atoms with Crippen LogP contribution in [-0.2, 0) is 0 Å². The molecule has 0 radical (unpaired) electrons. The van der Waals surface area contributed by atoms with Gasteiger partial charge in [-0.05, 0) is 43.8 Å². The monoisotopic (exact) mass is 238 g/mol. The second-order valence-corrected chi connectivity index (χ2v) is 5.75. The van der Waals surface area contributed by atoms with Gasteiger partial charge in [0.1, 0.15) is 0 Å². The minimum absolute atomic E-state index is 0.618. The van der Waals surface area contributed by atoms with E-state index in [-0.39, 0.29) is 0 Å². The summed E-state index contributed by atoms with van der Waals surface area (Å²) in [5.41, 5.74) is 1.28. The lowest BCUT2D eigenvalue weighted by Gasteiger charge is -2.35. The minimum Gasteiger partial charge on any atom is -0.337 e. The molecule has 3 heteroatoms. The van der Waals surface area contributed by atoms with Crippen molar-refractivity contribution in [2.45, 2.75) is 52.5 Å². The van der Waals surface area contributed by atoms with E-state index in [1.165, 1.54) is 31.4 Å². The Morgan fingerprint density at radius 1 is 1.38 bits per heavy atom. The molecule has 0 aliphatic heterocycles. The van der Waals surface area contributed by atoms with Gasteiger partial charge in [0.15, 0.2) is 4.77 Å². The third-order valence-corrected chi connectivity index (χ3v) is 4.29. The fourth-order valence-electron chi connectivity index (χ4n) is 3.12. The summed E-state index contributed by atoms with van der Waals surface area (Å²) in [5, 5.41) is 0. The number of hydrogen-bond acceptors (Lipinski definition) is 1. The largest absolute Gasteiger partial charge is 0.337 e. The average molecular weight is 238 g/mol. The van der Waals surface area contributed by atoms with Crippen LogP contribution in [0.2, 0.25) is 0 Å². The van der Waals surface area contributed by atoms with Crippen LogP contribution in [-0.4, -0.2) is 9.55 Å². The number of aromatic nitrogens is 2. The molecule has 1 aromatic rings. The number of rotatable bonds is 2. The van der Waals surface area contributed by atoms with Gasteiger partial charge in [-0.25, -0.2) is 0 Å². The van der Waals surface area contributed by atoms with Gasteiger partial charge in [0.2, 0.25) is 0 Å². The lowest BCUT2D eigenvalue weighted by Crippen LogP contribution is -2.27. The Labute approximate surface area is 103 Å². The number of imidazole rings is 1. The van der Waals surface area contributed by atoms with Crippen LogP contribution in [0.4, 0.5) is 0 Å².